The molecule has 0 saturated carbocycles. The largest absolute Gasteiger partial charge is 0.444 e. The summed E-state index contributed by atoms with van der Waals surface area (Å²) in [5.41, 5.74) is 0.956. The predicted octanol–water partition coefficient (Wildman–Crippen LogP) is 4.06. The summed E-state index contributed by atoms with van der Waals surface area (Å²) in [4.78, 5) is 20.5. The van der Waals surface area contributed by atoms with Crippen LogP contribution in [-0.4, -0.2) is 34.6 Å². The molecular formula is C17H27N3O3S. The topological polar surface area (TPSA) is 83.8 Å². The summed E-state index contributed by atoms with van der Waals surface area (Å²) in [6.45, 7) is 16.3. The fraction of sp³-hybridized carbons (Fsp3) is 0.588. The first-order chi connectivity index (χ1) is 11.0. The van der Waals surface area contributed by atoms with Gasteiger partial charge in [-0.1, -0.05) is 25.2 Å². The van der Waals surface area contributed by atoms with Gasteiger partial charge in [0, 0.05) is 11.3 Å². The maximum atomic E-state index is 12.1. The summed E-state index contributed by atoms with van der Waals surface area (Å²) in [6.07, 6.45) is -1.38. The second kappa shape index (κ2) is 7.90. The van der Waals surface area contributed by atoms with E-state index in [-0.39, 0.29) is 5.92 Å². The minimum absolute atomic E-state index is 0.0601. The summed E-state index contributed by atoms with van der Waals surface area (Å²) >= 11 is 1.39. The Balaban J connectivity index is 3.31. The van der Waals surface area contributed by atoms with Crippen molar-refractivity contribution in [3.8, 4) is 0 Å². The van der Waals surface area contributed by atoms with E-state index in [1.54, 1.807) is 27.7 Å². The van der Waals surface area contributed by atoms with Gasteiger partial charge < -0.3 is 9.84 Å². The minimum atomic E-state index is -0.804. The first-order valence-corrected chi connectivity index (χ1v) is 8.61. The molecule has 0 spiro atoms. The Labute approximate surface area is 147 Å². The lowest BCUT2D eigenvalue weighted by Crippen LogP contribution is -2.33. The second-order valence-electron chi connectivity index (χ2n) is 6.90. The van der Waals surface area contributed by atoms with Crippen molar-refractivity contribution in [2.75, 3.05) is 0 Å². The Morgan fingerprint density at radius 1 is 1.42 bits per heavy atom. The van der Waals surface area contributed by atoms with Crippen molar-refractivity contribution < 1.29 is 14.6 Å². The number of rotatable bonds is 5. The van der Waals surface area contributed by atoms with Gasteiger partial charge >= 0.3 is 6.09 Å². The number of amides is 1. The molecule has 134 valence electrons. The molecule has 6 nitrogen and oxygen atoms in total. The van der Waals surface area contributed by atoms with E-state index in [0.717, 1.165) is 5.01 Å². The first-order valence-electron chi connectivity index (χ1n) is 7.79. The van der Waals surface area contributed by atoms with Crippen molar-refractivity contribution in [2.45, 2.75) is 60.2 Å². The molecule has 0 bridgehead atoms. The molecule has 0 saturated heterocycles. The third kappa shape index (κ3) is 5.42. The third-order valence-corrected chi connectivity index (χ3v) is 4.04. The van der Waals surface area contributed by atoms with Gasteiger partial charge in [-0.25, -0.2) is 9.78 Å². The number of aliphatic hydroxyl groups excluding tert-OH is 1. The number of aliphatic hydroxyl groups is 1. The van der Waals surface area contributed by atoms with Crippen LogP contribution in [0.3, 0.4) is 0 Å². The van der Waals surface area contributed by atoms with Gasteiger partial charge in [0.1, 0.15) is 16.3 Å². The van der Waals surface area contributed by atoms with Crippen molar-refractivity contribution in [3.63, 3.8) is 0 Å². The molecule has 0 aliphatic carbocycles. The van der Waals surface area contributed by atoms with Gasteiger partial charge in [0.05, 0.1) is 11.1 Å². The highest BCUT2D eigenvalue weighted by molar-refractivity contribution is 7.15. The standard InChI is InChI=1S/C17H27N3O3S/c1-9(2)14(21)12(13-15(18-8)24-11(4)20-13)10(3)19-16(22)23-17(5,6)7/h9,14,21H,8H2,1-7H3,(H,19,22)/b12-10-. The normalized spacial score (nSPS) is 14.2. The predicted molar refractivity (Wildman–Crippen MR) is 98.9 cm³/mol. The van der Waals surface area contributed by atoms with Gasteiger partial charge in [-0.05, 0) is 47.3 Å². The number of nitrogens with zero attached hydrogens (tertiary/aromatic N) is 2. The SMILES string of the molecule is C=Nc1sc(C)nc1/C(=C(\C)NC(=O)OC(C)(C)C)C(O)C(C)C. The Hall–Kier alpha value is -1.73. The Morgan fingerprint density at radius 3 is 2.46 bits per heavy atom. The van der Waals surface area contributed by atoms with E-state index in [1.165, 1.54) is 11.3 Å². The average molecular weight is 353 g/mol. The highest BCUT2D eigenvalue weighted by Gasteiger charge is 2.26. The third-order valence-electron chi connectivity index (χ3n) is 3.13. The van der Waals surface area contributed by atoms with Crippen LogP contribution in [-0.2, 0) is 4.74 Å². The van der Waals surface area contributed by atoms with Crippen molar-refractivity contribution >= 4 is 34.7 Å². The van der Waals surface area contributed by atoms with Crippen molar-refractivity contribution in [1.29, 1.82) is 0 Å². The van der Waals surface area contributed by atoms with E-state index in [1.807, 2.05) is 20.8 Å². The monoisotopic (exact) mass is 353 g/mol. The Morgan fingerprint density at radius 2 is 2.00 bits per heavy atom. The molecule has 1 amide bonds. The molecule has 0 radical (unpaired) electrons. The van der Waals surface area contributed by atoms with Crippen molar-refractivity contribution in [2.24, 2.45) is 10.9 Å². The molecule has 1 heterocycles. The summed E-state index contributed by atoms with van der Waals surface area (Å²) in [7, 11) is 0. The van der Waals surface area contributed by atoms with Crippen LogP contribution in [0, 0.1) is 12.8 Å². The average Bonchev–Trinajstić information content (AvgIpc) is 2.77. The van der Waals surface area contributed by atoms with Gasteiger partial charge in [0.25, 0.3) is 0 Å². The van der Waals surface area contributed by atoms with Crippen molar-refractivity contribution in [1.82, 2.24) is 10.3 Å². The number of nitrogens with one attached hydrogen (secondary N) is 1. The van der Waals surface area contributed by atoms with Gasteiger partial charge in [-0.3, -0.25) is 10.3 Å². The number of allylic oxidation sites excluding steroid dienone is 1. The summed E-state index contributed by atoms with van der Waals surface area (Å²) in [5, 5.41) is 14.8. The highest BCUT2D eigenvalue weighted by atomic mass is 32.1. The molecule has 0 aliphatic rings. The molecule has 7 heteroatoms. The molecule has 0 fully saturated rings. The first kappa shape index (κ1) is 20.3. The fourth-order valence-corrected chi connectivity index (χ4v) is 2.83. The fourth-order valence-electron chi connectivity index (χ4n) is 2.10. The van der Waals surface area contributed by atoms with E-state index in [2.05, 4.69) is 22.0 Å². The Bertz CT molecular complexity index is 642. The molecule has 0 aliphatic heterocycles. The zero-order valence-corrected chi connectivity index (χ0v) is 16.2. The van der Waals surface area contributed by atoms with Gasteiger partial charge in [0.15, 0.2) is 0 Å². The molecule has 1 atom stereocenters. The molecule has 2 N–H and O–H groups in total. The number of aromatic nitrogens is 1. The number of hydrogen-bond acceptors (Lipinski definition) is 6. The van der Waals surface area contributed by atoms with E-state index < -0.39 is 17.8 Å². The van der Waals surface area contributed by atoms with Crippen LogP contribution in [0.5, 0.6) is 0 Å². The number of ether oxygens (including phenoxy) is 1. The van der Waals surface area contributed by atoms with Crippen LogP contribution in [0.4, 0.5) is 9.80 Å². The number of carbonyl (C=O) groups is 1. The second-order valence-corrected chi connectivity index (χ2v) is 8.08. The van der Waals surface area contributed by atoms with Gasteiger partial charge in [-0.2, -0.15) is 0 Å². The summed E-state index contributed by atoms with van der Waals surface area (Å²) < 4.78 is 5.28. The zero-order valence-electron chi connectivity index (χ0n) is 15.4. The molecule has 1 aromatic rings. The Kier molecular flexibility index (Phi) is 6.68. The zero-order chi connectivity index (χ0) is 18.7. The van der Waals surface area contributed by atoms with E-state index in [0.29, 0.717) is 22.0 Å². The molecule has 1 unspecified atom stereocenters. The maximum Gasteiger partial charge on any atom is 0.411 e. The number of thiazole rings is 1. The molecular weight excluding hydrogens is 326 g/mol. The van der Waals surface area contributed by atoms with Crippen molar-refractivity contribution in [3.05, 3.63) is 16.4 Å². The number of aliphatic imine (C=N–C) groups is 1. The van der Waals surface area contributed by atoms with Gasteiger partial charge in [-0.15, -0.1) is 0 Å². The lowest BCUT2D eigenvalue weighted by Gasteiger charge is -2.23. The highest BCUT2D eigenvalue weighted by Crippen LogP contribution is 2.36. The smallest absolute Gasteiger partial charge is 0.411 e. The van der Waals surface area contributed by atoms with Crippen LogP contribution in [0.1, 0.15) is 52.2 Å². The minimum Gasteiger partial charge on any atom is -0.444 e. The number of hydrogen-bond donors (Lipinski definition) is 2. The van der Waals surface area contributed by atoms with E-state index >= 15 is 0 Å². The quantitative estimate of drug-likeness (QED) is 0.782. The number of aryl methyl sites for hydroxylation is 1. The van der Waals surface area contributed by atoms with Crippen LogP contribution < -0.4 is 5.32 Å². The van der Waals surface area contributed by atoms with E-state index in [9.17, 15) is 9.90 Å². The van der Waals surface area contributed by atoms with Crippen LogP contribution in [0.2, 0.25) is 0 Å². The van der Waals surface area contributed by atoms with Crippen LogP contribution in [0.15, 0.2) is 10.7 Å². The number of alkyl carbamates (subject to hydrolysis) is 1. The summed E-state index contributed by atoms with van der Waals surface area (Å²) in [6, 6.07) is 0. The number of carbonyl (C=O) groups excluding carboxylic acids is 1. The van der Waals surface area contributed by atoms with Crippen LogP contribution >= 0.6 is 11.3 Å². The summed E-state index contributed by atoms with van der Waals surface area (Å²) in [5.74, 6) is -0.0601. The van der Waals surface area contributed by atoms with Crippen LogP contribution in [0.25, 0.3) is 5.57 Å². The molecule has 24 heavy (non-hydrogen) atoms. The molecule has 1 rings (SSSR count). The molecule has 0 aromatic carbocycles. The maximum absolute atomic E-state index is 12.1. The lowest BCUT2D eigenvalue weighted by atomic mass is 9.95. The molecule has 1 aromatic heterocycles. The van der Waals surface area contributed by atoms with E-state index in [4.69, 9.17) is 4.74 Å². The van der Waals surface area contributed by atoms with Gasteiger partial charge in [0.2, 0.25) is 0 Å². The lowest BCUT2D eigenvalue weighted by molar-refractivity contribution is 0.0545.